The summed E-state index contributed by atoms with van der Waals surface area (Å²) in [5.41, 5.74) is 2.48. The second kappa shape index (κ2) is 8.00. The summed E-state index contributed by atoms with van der Waals surface area (Å²) in [6.07, 6.45) is 2.09. The molecule has 0 spiro atoms. The van der Waals surface area contributed by atoms with Crippen molar-refractivity contribution in [3.8, 4) is 26.7 Å². The van der Waals surface area contributed by atoms with E-state index in [1.54, 1.807) is 36.9 Å². The molecule has 4 rings (SSSR count). The number of aromatic nitrogens is 2. The maximum atomic E-state index is 10.5. The summed E-state index contributed by atoms with van der Waals surface area (Å²) < 4.78 is 1.83. The molecule has 0 saturated heterocycles. The van der Waals surface area contributed by atoms with E-state index < -0.39 is 5.60 Å². The monoisotopic (exact) mass is 440 g/mol. The van der Waals surface area contributed by atoms with Crippen LogP contribution in [-0.2, 0) is 5.60 Å². The summed E-state index contributed by atoms with van der Waals surface area (Å²) in [6, 6.07) is 22.2. The average Bonchev–Trinajstić information content (AvgIpc) is 3.35. The fourth-order valence-corrected chi connectivity index (χ4v) is 5.07. The molecule has 0 unspecified atom stereocenters. The second-order valence-electron chi connectivity index (χ2n) is 7.20. The Kier molecular flexibility index (Phi) is 5.58. The van der Waals surface area contributed by atoms with Crippen molar-refractivity contribution in [3.63, 3.8) is 0 Å². The molecule has 0 aliphatic carbocycles. The Morgan fingerprint density at radius 3 is 2.41 bits per heavy atom. The van der Waals surface area contributed by atoms with Gasteiger partial charge >= 0.3 is 0 Å². The van der Waals surface area contributed by atoms with Crippen LogP contribution >= 0.6 is 34.7 Å². The van der Waals surface area contributed by atoms with Crippen molar-refractivity contribution in [2.45, 2.75) is 24.3 Å². The molecule has 0 fully saturated rings. The van der Waals surface area contributed by atoms with Gasteiger partial charge in [-0.15, -0.1) is 23.1 Å². The van der Waals surface area contributed by atoms with Gasteiger partial charge in [-0.1, -0.05) is 41.9 Å². The molecule has 4 aromatic rings. The summed E-state index contributed by atoms with van der Waals surface area (Å²) in [7, 11) is 0. The first-order chi connectivity index (χ1) is 13.9. The summed E-state index contributed by atoms with van der Waals surface area (Å²) >= 11 is 9.91. The molecule has 148 valence electrons. The van der Waals surface area contributed by atoms with Crippen LogP contribution in [-0.4, -0.2) is 21.1 Å². The molecule has 0 atom stereocenters. The normalized spacial score (nSPS) is 11.8. The molecule has 29 heavy (non-hydrogen) atoms. The average molecular weight is 441 g/mol. The Bertz CT molecular complexity index is 1160. The molecule has 0 amide bonds. The van der Waals surface area contributed by atoms with Gasteiger partial charge < -0.3 is 5.11 Å². The van der Waals surface area contributed by atoms with Crippen LogP contribution in [0.5, 0.6) is 0 Å². The predicted molar refractivity (Wildman–Crippen MR) is 124 cm³/mol. The van der Waals surface area contributed by atoms with E-state index in [0.717, 1.165) is 16.3 Å². The van der Waals surface area contributed by atoms with Crippen molar-refractivity contribution in [2.24, 2.45) is 0 Å². The van der Waals surface area contributed by atoms with E-state index in [4.69, 9.17) is 11.6 Å². The van der Waals surface area contributed by atoms with Gasteiger partial charge in [-0.3, -0.25) is 0 Å². The lowest BCUT2D eigenvalue weighted by atomic mass is 10.1. The molecule has 0 aliphatic rings. The summed E-state index contributed by atoms with van der Waals surface area (Å²) in [4.78, 5) is 3.51. The van der Waals surface area contributed by atoms with Gasteiger partial charge in [0, 0.05) is 15.3 Å². The number of rotatable bonds is 5. The zero-order chi connectivity index (χ0) is 20.6. The van der Waals surface area contributed by atoms with Crippen molar-refractivity contribution >= 4 is 34.7 Å². The van der Waals surface area contributed by atoms with E-state index in [9.17, 15) is 5.11 Å². The molecule has 0 saturated carbocycles. The van der Waals surface area contributed by atoms with E-state index >= 15 is 0 Å². The lowest BCUT2D eigenvalue weighted by Crippen LogP contribution is -2.16. The maximum absolute atomic E-state index is 10.5. The van der Waals surface area contributed by atoms with Crippen molar-refractivity contribution < 1.29 is 5.11 Å². The molecule has 0 radical (unpaired) electrons. The molecule has 2 aromatic carbocycles. The lowest BCUT2D eigenvalue weighted by molar-refractivity contribution is 0.0734. The summed E-state index contributed by atoms with van der Waals surface area (Å²) in [5, 5.41) is 15.8. The van der Waals surface area contributed by atoms with Gasteiger partial charge in [0.25, 0.3) is 0 Å². The van der Waals surface area contributed by atoms with Crippen molar-refractivity contribution in [1.82, 2.24) is 9.78 Å². The van der Waals surface area contributed by atoms with E-state index in [0.29, 0.717) is 10.7 Å². The first-order valence-corrected chi connectivity index (χ1v) is 11.6. The predicted octanol–water partition coefficient (Wildman–Crippen LogP) is 6.87. The maximum Gasteiger partial charge on any atom is 0.103 e. The quantitative estimate of drug-likeness (QED) is 0.344. The van der Waals surface area contributed by atoms with Crippen LogP contribution in [0.1, 0.15) is 19.5 Å². The van der Waals surface area contributed by atoms with Crippen LogP contribution in [0.4, 0.5) is 0 Å². The standard InChI is InChI=1S/C23H21ClN2OS2/c1-23(2,27)22-14-18(26(25-22)17-10-6-5-9-16(17)24)21-13-12-20(29-21)15-8-4-7-11-19(15)28-3/h4-14,27H,1-3H3. The van der Waals surface area contributed by atoms with Gasteiger partial charge in [0.15, 0.2) is 0 Å². The van der Waals surface area contributed by atoms with E-state index in [1.807, 2.05) is 35.0 Å². The highest BCUT2D eigenvalue weighted by atomic mass is 35.5. The third-order valence-corrected chi connectivity index (χ3v) is 6.90. The summed E-state index contributed by atoms with van der Waals surface area (Å²) in [5.74, 6) is 0. The van der Waals surface area contributed by atoms with Gasteiger partial charge in [0.2, 0.25) is 0 Å². The number of halogens is 1. The fourth-order valence-electron chi connectivity index (χ4n) is 3.13. The topological polar surface area (TPSA) is 38.1 Å². The summed E-state index contributed by atoms with van der Waals surface area (Å²) in [6.45, 7) is 3.48. The van der Waals surface area contributed by atoms with Crippen LogP contribution < -0.4 is 0 Å². The fraction of sp³-hybridized carbons (Fsp3) is 0.174. The number of benzene rings is 2. The van der Waals surface area contributed by atoms with Crippen LogP contribution in [0.3, 0.4) is 0 Å². The third kappa shape index (κ3) is 4.01. The minimum Gasteiger partial charge on any atom is -0.384 e. The van der Waals surface area contributed by atoms with Crippen molar-refractivity contribution in [3.05, 3.63) is 77.4 Å². The molecule has 0 aliphatic heterocycles. The number of hydrogen-bond donors (Lipinski definition) is 1. The largest absolute Gasteiger partial charge is 0.384 e. The zero-order valence-electron chi connectivity index (χ0n) is 16.4. The Morgan fingerprint density at radius 1 is 1.00 bits per heavy atom. The van der Waals surface area contributed by atoms with Crippen LogP contribution in [0.15, 0.2) is 71.6 Å². The highest BCUT2D eigenvalue weighted by Gasteiger charge is 2.24. The minimum atomic E-state index is -1.05. The van der Waals surface area contributed by atoms with Crippen LogP contribution in [0, 0.1) is 0 Å². The number of aliphatic hydroxyl groups is 1. The van der Waals surface area contributed by atoms with Gasteiger partial charge in [-0.2, -0.15) is 5.10 Å². The molecule has 3 nitrogen and oxygen atoms in total. The number of thioether (sulfide) groups is 1. The van der Waals surface area contributed by atoms with Crippen molar-refractivity contribution in [1.29, 1.82) is 0 Å². The molecule has 0 bridgehead atoms. The molecule has 1 N–H and O–H groups in total. The Hall–Kier alpha value is -2.05. The number of para-hydroxylation sites is 1. The van der Waals surface area contributed by atoms with Crippen LogP contribution in [0.25, 0.3) is 26.7 Å². The highest BCUT2D eigenvalue weighted by Crippen LogP contribution is 2.40. The first-order valence-electron chi connectivity index (χ1n) is 9.20. The smallest absolute Gasteiger partial charge is 0.103 e. The third-order valence-electron chi connectivity index (χ3n) is 4.65. The number of thiophene rings is 1. The molecular formula is C23H21ClN2OS2. The van der Waals surface area contributed by atoms with Crippen LogP contribution in [0.2, 0.25) is 5.02 Å². The molecule has 2 heterocycles. The minimum absolute atomic E-state index is 0.604. The Labute approximate surface area is 184 Å². The van der Waals surface area contributed by atoms with Gasteiger partial charge in [0.05, 0.1) is 27.0 Å². The van der Waals surface area contributed by atoms with Crippen molar-refractivity contribution in [2.75, 3.05) is 6.26 Å². The highest BCUT2D eigenvalue weighted by molar-refractivity contribution is 7.98. The van der Waals surface area contributed by atoms with Gasteiger partial charge in [-0.05, 0) is 56.5 Å². The van der Waals surface area contributed by atoms with E-state index in [-0.39, 0.29) is 0 Å². The first kappa shape index (κ1) is 20.2. The van der Waals surface area contributed by atoms with E-state index in [1.165, 1.54) is 15.3 Å². The van der Waals surface area contributed by atoms with Gasteiger partial charge in [0.1, 0.15) is 5.60 Å². The molecule has 6 heteroatoms. The number of nitrogens with zero attached hydrogens (tertiary/aromatic N) is 2. The second-order valence-corrected chi connectivity index (χ2v) is 9.54. The van der Waals surface area contributed by atoms with Gasteiger partial charge in [-0.25, -0.2) is 4.68 Å². The Morgan fingerprint density at radius 2 is 1.69 bits per heavy atom. The zero-order valence-corrected chi connectivity index (χ0v) is 18.8. The molecule has 2 aromatic heterocycles. The van der Waals surface area contributed by atoms with E-state index in [2.05, 4.69) is 47.8 Å². The SMILES string of the molecule is CSc1ccccc1-c1ccc(-c2cc(C(C)(C)O)nn2-c2ccccc2Cl)s1. The Balaban J connectivity index is 1.86. The number of hydrogen-bond acceptors (Lipinski definition) is 4. The lowest BCUT2D eigenvalue weighted by Gasteiger charge is -2.13. The molecular weight excluding hydrogens is 420 g/mol.